The molecule has 0 aliphatic carbocycles. The smallest absolute Gasteiger partial charge is 0.257 e. The number of carbonyl (C=O) groups is 1. The van der Waals surface area contributed by atoms with Crippen LogP contribution in [0, 0.1) is 0 Å². The highest BCUT2D eigenvalue weighted by molar-refractivity contribution is 5.97. The Kier molecular flexibility index (Phi) is 3.95. The van der Waals surface area contributed by atoms with Crippen LogP contribution in [0.1, 0.15) is 24.2 Å². The Balaban J connectivity index is 2.07. The number of aromatic hydroxyl groups is 2. The molecule has 5 nitrogen and oxygen atoms in total. The molecule has 1 heterocycles. The molecule has 1 saturated heterocycles. The number of amides is 1. The molecule has 2 rings (SSSR count). The number of rotatable bonds is 2. The number of hydrogen-bond acceptors (Lipinski definition) is 4. The lowest BCUT2D eigenvalue weighted by Gasteiger charge is -2.37. The highest BCUT2D eigenvalue weighted by Gasteiger charge is 2.25. The average Bonchev–Trinajstić information content (AvgIpc) is 2.41. The zero-order chi connectivity index (χ0) is 14.0. The fraction of sp³-hybridized carbons (Fsp3) is 0.500. The molecule has 0 saturated carbocycles. The molecular weight excluding hydrogens is 244 g/mol. The van der Waals surface area contributed by atoms with Crippen molar-refractivity contribution in [1.82, 2.24) is 9.80 Å². The van der Waals surface area contributed by atoms with Gasteiger partial charge in [-0.15, -0.1) is 0 Å². The maximum Gasteiger partial charge on any atom is 0.257 e. The van der Waals surface area contributed by atoms with Gasteiger partial charge in [-0.1, -0.05) is 6.07 Å². The highest BCUT2D eigenvalue weighted by atomic mass is 16.3. The van der Waals surface area contributed by atoms with Crippen molar-refractivity contribution in [2.75, 3.05) is 26.2 Å². The number of phenolic OH excluding ortho intramolecular Hbond substituents is 2. The van der Waals surface area contributed by atoms with Crippen molar-refractivity contribution in [2.24, 2.45) is 0 Å². The minimum atomic E-state index is -0.334. The Bertz CT molecular complexity index is 466. The first kappa shape index (κ1) is 13.7. The molecule has 1 aromatic rings. The zero-order valence-electron chi connectivity index (χ0n) is 11.3. The molecule has 0 unspecified atom stereocenters. The molecule has 2 N–H and O–H groups in total. The third kappa shape index (κ3) is 2.81. The van der Waals surface area contributed by atoms with Gasteiger partial charge in [-0.25, -0.2) is 0 Å². The Labute approximate surface area is 113 Å². The van der Waals surface area contributed by atoms with Crippen molar-refractivity contribution in [2.45, 2.75) is 19.9 Å². The minimum absolute atomic E-state index is 0.165. The molecule has 1 amide bonds. The van der Waals surface area contributed by atoms with E-state index >= 15 is 0 Å². The van der Waals surface area contributed by atoms with Crippen LogP contribution < -0.4 is 0 Å². The van der Waals surface area contributed by atoms with Crippen molar-refractivity contribution in [3.05, 3.63) is 23.8 Å². The van der Waals surface area contributed by atoms with Gasteiger partial charge in [0.05, 0.1) is 5.56 Å². The van der Waals surface area contributed by atoms with Gasteiger partial charge in [-0.3, -0.25) is 9.69 Å². The van der Waals surface area contributed by atoms with Crippen molar-refractivity contribution >= 4 is 5.91 Å². The second-order valence-electron chi connectivity index (χ2n) is 5.10. The van der Waals surface area contributed by atoms with Crippen molar-refractivity contribution in [3.63, 3.8) is 0 Å². The largest absolute Gasteiger partial charge is 0.504 e. The van der Waals surface area contributed by atoms with Crippen LogP contribution in [0.2, 0.25) is 0 Å². The van der Waals surface area contributed by atoms with Crippen LogP contribution in [0.3, 0.4) is 0 Å². The quantitative estimate of drug-likeness (QED) is 0.789. The van der Waals surface area contributed by atoms with Crippen molar-refractivity contribution < 1.29 is 15.0 Å². The predicted molar refractivity (Wildman–Crippen MR) is 72.4 cm³/mol. The van der Waals surface area contributed by atoms with Gasteiger partial charge in [0.15, 0.2) is 11.5 Å². The van der Waals surface area contributed by atoms with Crippen LogP contribution in [0.25, 0.3) is 0 Å². The van der Waals surface area contributed by atoms with E-state index in [1.165, 1.54) is 12.1 Å². The molecule has 19 heavy (non-hydrogen) atoms. The second-order valence-corrected chi connectivity index (χ2v) is 5.10. The number of benzene rings is 1. The third-order valence-corrected chi connectivity index (χ3v) is 3.58. The Morgan fingerprint density at radius 1 is 1.16 bits per heavy atom. The molecule has 5 heteroatoms. The summed E-state index contributed by atoms with van der Waals surface area (Å²) in [6, 6.07) is 4.94. The summed E-state index contributed by atoms with van der Waals surface area (Å²) in [5, 5.41) is 19.2. The molecule has 0 spiro atoms. The molecule has 0 aromatic heterocycles. The van der Waals surface area contributed by atoms with Gasteiger partial charge in [-0.05, 0) is 26.0 Å². The highest BCUT2D eigenvalue weighted by Crippen LogP contribution is 2.29. The molecule has 1 aliphatic rings. The normalized spacial score (nSPS) is 16.9. The van der Waals surface area contributed by atoms with Gasteiger partial charge in [0, 0.05) is 32.2 Å². The van der Waals surface area contributed by atoms with E-state index in [0.29, 0.717) is 19.1 Å². The Morgan fingerprint density at radius 2 is 1.79 bits per heavy atom. The Hall–Kier alpha value is -1.75. The second kappa shape index (κ2) is 5.48. The summed E-state index contributed by atoms with van der Waals surface area (Å²) in [5.74, 6) is -0.817. The van der Waals surface area contributed by atoms with E-state index in [0.717, 1.165) is 13.1 Å². The fourth-order valence-electron chi connectivity index (χ4n) is 2.32. The molecule has 1 aromatic carbocycles. The number of hydrogen-bond donors (Lipinski definition) is 2. The number of carbonyl (C=O) groups excluding carboxylic acids is 1. The van der Waals surface area contributed by atoms with Crippen LogP contribution in [0.4, 0.5) is 0 Å². The van der Waals surface area contributed by atoms with Crippen molar-refractivity contribution in [1.29, 1.82) is 0 Å². The third-order valence-electron chi connectivity index (χ3n) is 3.58. The van der Waals surface area contributed by atoms with Gasteiger partial charge >= 0.3 is 0 Å². The zero-order valence-corrected chi connectivity index (χ0v) is 11.3. The monoisotopic (exact) mass is 264 g/mol. The number of phenols is 2. The summed E-state index contributed by atoms with van der Waals surface area (Å²) < 4.78 is 0. The maximum absolute atomic E-state index is 12.3. The van der Waals surface area contributed by atoms with Crippen LogP contribution in [0.15, 0.2) is 18.2 Å². The van der Waals surface area contributed by atoms with Gasteiger partial charge in [0.1, 0.15) is 0 Å². The summed E-state index contributed by atoms with van der Waals surface area (Å²) in [6.07, 6.45) is 0. The van der Waals surface area contributed by atoms with Gasteiger partial charge < -0.3 is 15.1 Å². The average molecular weight is 264 g/mol. The van der Waals surface area contributed by atoms with Gasteiger partial charge in [-0.2, -0.15) is 0 Å². The SMILES string of the molecule is CC(C)N1CCN(C(=O)c2cccc(O)c2O)CC1. The molecule has 104 valence electrons. The maximum atomic E-state index is 12.3. The first-order chi connectivity index (χ1) is 9.00. The predicted octanol–water partition coefficient (Wildman–Crippen LogP) is 1.26. The topological polar surface area (TPSA) is 64.0 Å². The lowest BCUT2D eigenvalue weighted by Crippen LogP contribution is -2.50. The number of para-hydroxylation sites is 1. The number of nitrogens with zero attached hydrogens (tertiary/aromatic N) is 2. The molecule has 0 atom stereocenters. The van der Waals surface area contributed by atoms with Gasteiger partial charge in [0.2, 0.25) is 0 Å². The lowest BCUT2D eigenvalue weighted by molar-refractivity contribution is 0.0592. The number of piperazine rings is 1. The minimum Gasteiger partial charge on any atom is -0.504 e. The Morgan fingerprint density at radius 3 is 2.37 bits per heavy atom. The molecule has 0 radical (unpaired) electrons. The standard InChI is InChI=1S/C14H20N2O3/c1-10(2)15-6-8-16(9-7-15)14(19)11-4-3-5-12(17)13(11)18/h3-5,10,17-18H,6-9H2,1-2H3. The van der Waals surface area contributed by atoms with Crippen LogP contribution in [-0.2, 0) is 0 Å². The summed E-state index contributed by atoms with van der Waals surface area (Å²) >= 11 is 0. The van der Waals surface area contributed by atoms with Crippen LogP contribution in [-0.4, -0.2) is 58.1 Å². The first-order valence-electron chi connectivity index (χ1n) is 6.55. The summed E-state index contributed by atoms with van der Waals surface area (Å²) in [6.45, 7) is 7.24. The fourth-order valence-corrected chi connectivity index (χ4v) is 2.32. The molecule has 1 fully saturated rings. The van der Waals surface area contributed by atoms with E-state index < -0.39 is 0 Å². The van der Waals surface area contributed by atoms with Crippen LogP contribution in [0.5, 0.6) is 11.5 Å². The van der Waals surface area contributed by atoms with E-state index in [1.807, 2.05) is 0 Å². The molecular formula is C14H20N2O3. The van der Waals surface area contributed by atoms with Crippen molar-refractivity contribution in [3.8, 4) is 11.5 Å². The van der Waals surface area contributed by atoms with E-state index in [4.69, 9.17) is 0 Å². The van der Waals surface area contributed by atoms with E-state index in [-0.39, 0.29) is 23.0 Å². The van der Waals surface area contributed by atoms with E-state index in [2.05, 4.69) is 18.7 Å². The van der Waals surface area contributed by atoms with E-state index in [1.54, 1.807) is 11.0 Å². The lowest BCUT2D eigenvalue weighted by atomic mass is 10.1. The van der Waals surface area contributed by atoms with Crippen LogP contribution >= 0.6 is 0 Å². The molecule has 1 aliphatic heterocycles. The van der Waals surface area contributed by atoms with E-state index in [9.17, 15) is 15.0 Å². The summed E-state index contributed by atoms with van der Waals surface area (Å²) in [7, 11) is 0. The summed E-state index contributed by atoms with van der Waals surface area (Å²) in [5.41, 5.74) is 0.165. The summed E-state index contributed by atoms with van der Waals surface area (Å²) in [4.78, 5) is 16.3. The molecule has 0 bridgehead atoms. The first-order valence-corrected chi connectivity index (χ1v) is 6.55. The van der Waals surface area contributed by atoms with Gasteiger partial charge in [0.25, 0.3) is 5.91 Å².